The lowest BCUT2D eigenvalue weighted by molar-refractivity contribution is 0.611. The Balaban J connectivity index is 1.75. The van der Waals surface area contributed by atoms with Crippen LogP contribution in [0.2, 0.25) is 5.15 Å². The summed E-state index contributed by atoms with van der Waals surface area (Å²) in [6, 6.07) is 13.0. The summed E-state index contributed by atoms with van der Waals surface area (Å²) in [5.41, 5.74) is 3.86. The minimum absolute atomic E-state index is 0.446. The smallest absolute Gasteiger partial charge is 0.152 e. The fourth-order valence-electron chi connectivity index (χ4n) is 2.53. The third-order valence-electron chi connectivity index (χ3n) is 3.47. The normalized spacial score (nSPS) is 18.2. The molecule has 0 fully saturated rings. The molecule has 3 rings (SSSR count). The summed E-state index contributed by atoms with van der Waals surface area (Å²) in [7, 11) is 0. The fraction of sp³-hybridized carbons (Fsp3) is 0.267. The van der Waals surface area contributed by atoms with E-state index < -0.39 is 0 Å². The zero-order valence-corrected chi connectivity index (χ0v) is 10.8. The molecule has 1 aliphatic carbocycles. The second-order valence-corrected chi connectivity index (χ2v) is 5.05. The van der Waals surface area contributed by atoms with E-state index in [0.29, 0.717) is 11.2 Å². The van der Waals surface area contributed by atoms with Crippen LogP contribution in [0.3, 0.4) is 0 Å². The quantitative estimate of drug-likeness (QED) is 0.831. The van der Waals surface area contributed by atoms with E-state index in [4.69, 9.17) is 11.6 Å². The first kappa shape index (κ1) is 11.5. The number of fused-ring (bicyclic) bond motifs is 1. The molecule has 1 aliphatic rings. The highest BCUT2D eigenvalue weighted by Gasteiger charge is 2.18. The van der Waals surface area contributed by atoms with Crippen molar-refractivity contribution in [3.63, 3.8) is 0 Å². The van der Waals surface area contributed by atoms with E-state index in [2.05, 4.69) is 34.6 Å². The summed E-state index contributed by atoms with van der Waals surface area (Å²) in [6.45, 7) is 0. The lowest BCUT2D eigenvalue weighted by Gasteiger charge is -2.26. The maximum atomic E-state index is 6.07. The van der Waals surface area contributed by atoms with Crippen molar-refractivity contribution < 1.29 is 0 Å². The number of aromatic nitrogens is 1. The standard InChI is InChI=1S/C15H15ClN2/c16-15-14(6-3-9-17-15)18-13-8-7-11-4-1-2-5-12(11)10-13/h1-6,9,13,18H,7-8,10H2. The Morgan fingerprint density at radius 3 is 2.78 bits per heavy atom. The number of aryl methyl sites for hydroxylation is 1. The summed E-state index contributed by atoms with van der Waals surface area (Å²) < 4.78 is 0. The molecule has 0 bridgehead atoms. The van der Waals surface area contributed by atoms with E-state index in [1.54, 1.807) is 6.20 Å². The van der Waals surface area contributed by atoms with E-state index in [1.165, 1.54) is 11.1 Å². The van der Waals surface area contributed by atoms with Crippen molar-refractivity contribution in [3.8, 4) is 0 Å². The highest BCUT2D eigenvalue weighted by molar-refractivity contribution is 6.31. The minimum atomic E-state index is 0.446. The lowest BCUT2D eigenvalue weighted by atomic mass is 9.88. The van der Waals surface area contributed by atoms with Gasteiger partial charge in [0, 0.05) is 12.2 Å². The van der Waals surface area contributed by atoms with Crippen LogP contribution in [0.15, 0.2) is 42.6 Å². The van der Waals surface area contributed by atoms with E-state index in [9.17, 15) is 0 Å². The van der Waals surface area contributed by atoms with Crippen LogP contribution in [0.5, 0.6) is 0 Å². The summed E-state index contributed by atoms with van der Waals surface area (Å²) in [5.74, 6) is 0. The van der Waals surface area contributed by atoms with Gasteiger partial charge in [0.15, 0.2) is 5.15 Å². The second kappa shape index (κ2) is 4.99. The maximum Gasteiger partial charge on any atom is 0.152 e. The van der Waals surface area contributed by atoms with Crippen molar-refractivity contribution in [2.75, 3.05) is 5.32 Å². The molecule has 2 aromatic rings. The van der Waals surface area contributed by atoms with Crippen LogP contribution < -0.4 is 5.32 Å². The molecule has 0 amide bonds. The van der Waals surface area contributed by atoms with Gasteiger partial charge >= 0.3 is 0 Å². The summed E-state index contributed by atoms with van der Waals surface area (Å²) in [4.78, 5) is 4.09. The molecule has 0 saturated heterocycles. The number of pyridine rings is 1. The molecule has 1 heterocycles. The number of rotatable bonds is 2. The molecule has 0 saturated carbocycles. The van der Waals surface area contributed by atoms with Gasteiger partial charge in [-0.1, -0.05) is 35.9 Å². The van der Waals surface area contributed by atoms with Crippen molar-refractivity contribution in [2.45, 2.75) is 25.3 Å². The molecule has 1 unspecified atom stereocenters. The topological polar surface area (TPSA) is 24.9 Å². The van der Waals surface area contributed by atoms with Gasteiger partial charge in [0.1, 0.15) is 0 Å². The second-order valence-electron chi connectivity index (χ2n) is 4.69. The van der Waals surface area contributed by atoms with Crippen LogP contribution in [0.4, 0.5) is 5.69 Å². The van der Waals surface area contributed by atoms with Crippen LogP contribution in [0, 0.1) is 0 Å². The number of anilines is 1. The molecule has 3 heteroatoms. The van der Waals surface area contributed by atoms with E-state index in [-0.39, 0.29) is 0 Å². The predicted molar refractivity (Wildman–Crippen MR) is 75.1 cm³/mol. The molecule has 1 aromatic heterocycles. The maximum absolute atomic E-state index is 6.07. The molecule has 1 atom stereocenters. The van der Waals surface area contributed by atoms with Gasteiger partial charge in [0.25, 0.3) is 0 Å². The van der Waals surface area contributed by atoms with Crippen molar-refractivity contribution in [1.29, 1.82) is 0 Å². The number of nitrogens with zero attached hydrogens (tertiary/aromatic N) is 1. The zero-order chi connectivity index (χ0) is 12.4. The van der Waals surface area contributed by atoms with Crippen LogP contribution in [0.25, 0.3) is 0 Å². The molecule has 0 spiro atoms. The zero-order valence-electron chi connectivity index (χ0n) is 10.1. The highest BCUT2D eigenvalue weighted by Crippen LogP contribution is 2.25. The Morgan fingerprint density at radius 2 is 1.94 bits per heavy atom. The Kier molecular flexibility index (Phi) is 3.20. The van der Waals surface area contributed by atoms with Gasteiger partial charge in [-0.15, -0.1) is 0 Å². The van der Waals surface area contributed by atoms with Crippen molar-refractivity contribution in [2.24, 2.45) is 0 Å². The first-order valence-electron chi connectivity index (χ1n) is 6.27. The molecule has 18 heavy (non-hydrogen) atoms. The van der Waals surface area contributed by atoms with E-state index in [1.807, 2.05) is 12.1 Å². The van der Waals surface area contributed by atoms with Crippen molar-refractivity contribution in [3.05, 3.63) is 58.9 Å². The Labute approximate surface area is 112 Å². The minimum Gasteiger partial charge on any atom is -0.379 e. The summed E-state index contributed by atoms with van der Waals surface area (Å²) in [5, 5.41) is 4.05. The van der Waals surface area contributed by atoms with Gasteiger partial charge in [-0.3, -0.25) is 0 Å². The summed E-state index contributed by atoms with van der Waals surface area (Å²) in [6.07, 6.45) is 5.04. The fourth-order valence-corrected chi connectivity index (χ4v) is 2.71. The van der Waals surface area contributed by atoms with Gasteiger partial charge in [0.05, 0.1) is 5.69 Å². The van der Waals surface area contributed by atoms with Gasteiger partial charge in [-0.05, 0) is 42.5 Å². The van der Waals surface area contributed by atoms with Gasteiger partial charge in [0.2, 0.25) is 0 Å². The third kappa shape index (κ3) is 2.34. The molecule has 1 N–H and O–H groups in total. The van der Waals surface area contributed by atoms with Crippen molar-refractivity contribution in [1.82, 2.24) is 4.98 Å². The molecule has 1 aromatic carbocycles. The van der Waals surface area contributed by atoms with Gasteiger partial charge < -0.3 is 5.32 Å². The van der Waals surface area contributed by atoms with Crippen molar-refractivity contribution >= 4 is 17.3 Å². The molecule has 0 radical (unpaired) electrons. The van der Waals surface area contributed by atoms with Crippen LogP contribution >= 0.6 is 11.6 Å². The Hall–Kier alpha value is -1.54. The first-order valence-corrected chi connectivity index (χ1v) is 6.64. The summed E-state index contributed by atoms with van der Waals surface area (Å²) >= 11 is 6.07. The molecular weight excluding hydrogens is 244 g/mol. The lowest BCUT2D eigenvalue weighted by Crippen LogP contribution is -2.27. The van der Waals surface area contributed by atoms with Gasteiger partial charge in [-0.25, -0.2) is 4.98 Å². The number of nitrogens with one attached hydrogen (secondary N) is 1. The van der Waals surface area contributed by atoms with Crippen LogP contribution in [-0.2, 0) is 12.8 Å². The Bertz CT molecular complexity index is 554. The Morgan fingerprint density at radius 1 is 1.11 bits per heavy atom. The van der Waals surface area contributed by atoms with Crippen LogP contribution in [-0.4, -0.2) is 11.0 Å². The average molecular weight is 259 g/mol. The number of halogens is 1. The average Bonchev–Trinajstić information content (AvgIpc) is 2.41. The molecule has 92 valence electrons. The van der Waals surface area contributed by atoms with Gasteiger partial charge in [-0.2, -0.15) is 0 Å². The first-order chi connectivity index (χ1) is 8.83. The predicted octanol–water partition coefficient (Wildman–Crippen LogP) is 3.70. The monoisotopic (exact) mass is 258 g/mol. The largest absolute Gasteiger partial charge is 0.379 e. The number of benzene rings is 1. The van der Waals surface area contributed by atoms with E-state index in [0.717, 1.165) is 24.9 Å². The third-order valence-corrected chi connectivity index (χ3v) is 3.77. The molecule has 0 aliphatic heterocycles. The molecular formula is C15H15ClN2. The SMILES string of the molecule is Clc1ncccc1NC1CCc2ccccc2C1. The number of hydrogen-bond donors (Lipinski definition) is 1. The van der Waals surface area contributed by atoms with E-state index >= 15 is 0 Å². The molecule has 2 nitrogen and oxygen atoms in total. The highest BCUT2D eigenvalue weighted by atomic mass is 35.5. The van der Waals surface area contributed by atoms with Crippen LogP contribution in [0.1, 0.15) is 17.5 Å². The number of hydrogen-bond acceptors (Lipinski definition) is 2.